The number of rotatable bonds is 8. The molecule has 0 aromatic carbocycles. The highest BCUT2D eigenvalue weighted by atomic mass is 16.6. The highest BCUT2D eigenvalue weighted by Gasteiger charge is 2.47. The molecule has 26 heavy (non-hydrogen) atoms. The number of ether oxygens (including phenoxy) is 4. The van der Waals surface area contributed by atoms with Crippen LogP contribution < -0.4 is 0 Å². The summed E-state index contributed by atoms with van der Waals surface area (Å²) < 4.78 is 20.8. The molecule has 8 nitrogen and oxygen atoms in total. The van der Waals surface area contributed by atoms with Crippen LogP contribution in [0, 0.1) is 0 Å². The summed E-state index contributed by atoms with van der Waals surface area (Å²) in [6.45, 7) is 13.2. The molecule has 0 bridgehead atoms. The predicted octanol–water partition coefficient (Wildman–Crippen LogP) is 1.17. The normalized spacial score (nSPS) is 24.3. The van der Waals surface area contributed by atoms with Gasteiger partial charge in [-0.2, -0.15) is 0 Å². The van der Waals surface area contributed by atoms with Crippen molar-refractivity contribution in [1.82, 2.24) is 0 Å². The van der Waals surface area contributed by atoms with Crippen molar-refractivity contribution in [3.8, 4) is 0 Å². The number of esters is 4. The zero-order valence-corrected chi connectivity index (χ0v) is 14.1. The van der Waals surface area contributed by atoms with E-state index in [0.29, 0.717) is 0 Å². The van der Waals surface area contributed by atoms with Crippen LogP contribution in [0.15, 0.2) is 50.6 Å². The zero-order chi connectivity index (χ0) is 19.7. The first-order valence-corrected chi connectivity index (χ1v) is 7.68. The number of hydrogen-bond donors (Lipinski definition) is 0. The summed E-state index contributed by atoms with van der Waals surface area (Å²) in [6.07, 6.45) is -0.249. The summed E-state index contributed by atoms with van der Waals surface area (Å²) in [6, 6.07) is 0. The molecule has 0 amide bonds. The van der Waals surface area contributed by atoms with Crippen LogP contribution in [0.5, 0.6) is 0 Å². The van der Waals surface area contributed by atoms with Crippen molar-refractivity contribution in [2.45, 2.75) is 37.3 Å². The van der Waals surface area contributed by atoms with Gasteiger partial charge >= 0.3 is 23.9 Å². The predicted molar refractivity (Wildman–Crippen MR) is 89.5 cm³/mol. The van der Waals surface area contributed by atoms with Crippen molar-refractivity contribution in [3.05, 3.63) is 50.6 Å². The first kappa shape index (κ1) is 20.9. The van der Waals surface area contributed by atoms with E-state index >= 15 is 0 Å². The van der Waals surface area contributed by atoms with Crippen LogP contribution in [0.4, 0.5) is 0 Å². The Hall–Kier alpha value is -3.16. The van der Waals surface area contributed by atoms with Crippen LogP contribution in [-0.4, -0.2) is 48.3 Å². The lowest BCUT2D eigenvalue weighted by molar-refractivity contribution is -0.205. The molecule has 0 radical (unpaired) electrons. The third-order valence-electron chi connectivity index (χ3n) is 3.50. The molecule has 1 aliphatic rings. The molecule has 1 fully saturated rings. The van der Waals surface area contributed by atoms with Gasteiger partial charge in [-0.25, -0.2) is 19.2 Å². The Balaban J connectivity index is 3.18. The standard InChI is InChI=1S/C18H20O8/c1-5-13(19)23-11-9-10-12(24-14(20)6-2)18(26-16(22)8-4)17(11)25-15(21)7-3/h5-8,11-12,17-18H,1-4,9-10H2/t11-,12?,17-,18-/m1/s1. The molecule has 0 aromatic rings. The summed E-state index contributed by atoms with van der Waals surface area (Å²) in [4.78, 5) is 46.5. The fourth-order valence-corrected chi connectivity index (χ4v) is 2.38. The fourth-order valence-electron chi connectivity index (χ4n) is 2.38. The van der Waals surface area contributed by atoms with E-state index in [-0.39, 0.29) is 12.8 Å². The van der Waals surface area contributed by atoms with Crippen molar-refractivity contribution in [2.75, 3.05) is 0 Å². The molecule has 0 heterocycles. The Bertz CT molecular complexity index is 567. The Morgan fingerprint density at radius 2 is 0.846 bits per heavy atom. The Morgan fingerprint density at radius 1 is 0.577 bits per heavy atom. The van der Waals surface area contributed by atoms with Gasteiger partial charge in [-0.05, 0) is 12.8 Å². The van der Waals surface area contributed by atoms with Crippen LogP contribution >= 0.6 is 0 Å². The van der Waals surface area contributed by atoms with E-state index in [2.05, 4.69) is 26.3 Å². The van der Waals surface area contributed by atoms with Gasteiger partial charge in [-0.3, -0.25) is 0 Å². The average molecular weight is 364 g/mol. The highest BCUT2D eigenvalue weighted by molar-refractivity contribution is 5.83. The summed E-state index contributed by atoms with van der Waals surface area (Å²) in [5, 5.41) is 0. The van der Waals surface area contributed by atoms with Gasteiger partial charge in [0.1, 0.15) is 12.2 Å². The zero-order valence-electron chi connectivity index (χ0n) is 14.1. The molecule has 1 saturated carbocycles. The van der Waals surface area contributed by atoms with Crippen LogP contribution in [0.2, 0.25) is 0 Å². The molecular formula is C18H20O8. The van der Waals surface area contributed by atoms with Crippen LogP contribution in [0.25, 0.3) is 0 Å². The largest absolute Gasteiger partial charge is 0.455 e. The second kappa shape index (κ2) is 9.97. The lowest BCUT2D eigenvalue weighted by atomic mass is 9.88. The molecule has 1 aliphatic carbocycles. The maximum atomic E-state index is 11.7. The van der Waals surface area contributed by atoms with Crippen molar-refractivity contribution in [1.29, 1.82) is 0 Å². The first-order valence-electron chi connectivity index (χ1n) is 7.68. The summed E-state index contributed by atoms with van der Waals surface area (Å²) >= 11 is 0. The number of carbonyl (C=O) groups is 4. The molecule has 0 N–H and O–H groups in total. The van der Waals surface area contributed by atoms with Gasteiger partial charge in [-0.15, -0.1) is 0 Å². The fraction of sp³-hybridized carbons (Fsp3) is 0.333. The van der Waals surface area contributed by atoms with E-state index in [9.17, 15) is 19.2 Å². The third kappa shape index (κ3) is 5.73. The van der Waals surface area contributed by atoms with Gasteiger partial charge in [0.25, 0.3) is 0 Å². The van der Waals surface area contributed by atoms with Crippen LogP contribution in [0.1, 0.15) is 12.8 Å². The van der Waals surface area contributed by atoms with E-state index in [1.54, 1.807) is 0 Å². The molecule has 140 valence electrons. The minimum atomic E-state index is -1.22. The molecule has 4 atom stereocenters. The lowest BCUT2D eigenvalue weighted by Crippen LogP contribution is -2.55. The van der Waals surface area contributed by atoms with Crippen LogP contribution in [0.3, 0.4) is 0 Å². The first-order chi connectivity index (χ1) is 12.4. The van der Waals surface area contributed by atoms with Crippen molar-refractivity contribution in [2.24, 2.45) is 0 Å². The molecule has 1 rings (SSSR count). The van der Waals surface area contributed by atoms with E-state index in [1.807, 2.05) is 0 Å². The minimum Gasteiger partial charge on any atom is -0.455 e. The highest BCUT2D eigenvalue weighted by Crippen LogP contribution is 2.30. The number of hydrogen-bond acceptors (Lipinski definition) is 8. The molecule has 0 aromatic heterocycles. The molecule has 0 aliphatic heterocycles. The molecule has 8 heteroatoms. The number of carbonyl (C=O) groups excluding carboxylic acids is 4. The van der Waals surface area contributed by atoms with Gasteiger partial charge in [0, 0.05) is 24.3 Å². The summed E-state index contributed by atoms with van der Waals surface area (Å²) in [5.74, 6) is -3.15. The van der Waals surface area contributed by atoms with Gasteiger partial charge in [-0.1, -0.05) is 26.3 Å². The Labute approximate surface area is 150 Å². The smallest absolute Gasteiger partial charge is 0.330 e. The van der Waals surface area contributed by atoms with Gasteiger partial charge in [0.15, 0.2) is 12.2 Å². The van der Waals surface area contributed by atoms with Crippen molar-refractivity contribution < 1.29 is 38.1 Å². The second-order valence-corrected chi connectivity index (χ2v) is 5.15. The molecule has 1 unspecified atom stereocenters. The Morgan fingerprint density at radius 3 is 1.12 bits per heavy atom. The topological polar surface area (TPSA) is 105 Å². The monoisotopic (exact) mass is 364 g/mol. The molecular weight excluding hydrogens is 344 g/mol. The van der Waals surface area contributed by atoms with Crippen LogP contribution in [-0.2, 0) is 38.1 Å². The van der Waals surface area contributed by atoms with Gasteiger partial charge in [0.05, 0.1) is 0 Å². The van der Waals surface area contributed by atoms with E-state index in [4.69, 9.17) is 18.9 Å². The maximum Gasteiger partial charge on any atom is 0.330 e. The summed E-state index contributed by atoms with van der Waals surface area (Å²) in [5.41, 5.74) is 0. The van der Waals surface area contributed by atoms with Gasteiger partial charge in [0.2, 0.25) is 0 Å². The average Bonchev–Trinajstić information content (AvgIpc) is 2.65. The Kier molecular flexibility index (Phi) is 8.01. The van der Waals surface area contributed by atoms with Crippen molar-refractivity contribution >= 4 is 23.9 Å². The quantitative estimate of drug-likeness (QED) is 0.359. The lowest BCUT2D eigenvalue weighted by Gasteiger charge is -2.39. The summed E-state index contributed by atoms with van der Waals surface area (Å²) in [7, 11) is 0. The van der Waals surface area contributed by atoms with Crippen molar-refractivity contribution in [3.63, 3.8) is 0 Å². The van der Waals surface area contributed by atoms with E-state index in [1.165, 1.54) is 0 Å². The maximum absolute atomic E-state index is 11.7. The third-order valence-corrected chi connectivity index (χ3v) is 3.50. The second-order valence-electron chi connectivity index (χ2n) is 5.15. The van der Waals surface area contributed by atoms with Gasteiger partial charge < -0.3 is 18.9 Å². The molecule has 0 saturated heterocycles. The van der Waals surface area contributed by atoms with E-state index in [0.717, 1.165) is 24.3 Å². The van der Waals surface area contributed by atoms with E-state index < -0.39 is 48.3 Å². The molecule has 0 spiro atoms. The SMILES string of the molecule is C=CC(=O)OC1CC[C@@H](OC(=O)C=C)[C@@H](OC(=O)C=C)[C@@H]1OC(=O)C=C. The minimum absolute atomic E-state index is 0.186.